The Morgan fingerprint density at radius 1 is 1.33 bits per heavy atom. The zero-order chi connectivity index (χ0) is 13.1. The van der Waals surface area contributed by atoms with Gasteiger partial charge in [0.15, 0.2) is 0 Å². The lowest BCUT2D eigenvalue weighted by Gasteiger charge is -2.08. The highest BCUT2D eigenvalue weighted by atomic mass is 79.9. The van der Waals surface area contributed by atoms with Crippen LogP contribution in [0.4, 0.5) is 11.5 Å². The predicted molar refractivity (Wildman–Crippen MR) is 78.5 cm³/mol. The van der Waals surface area contributed by atoms with E-state index >= 15 is 0 Å². The minimum absolute atomic E-state index is 0.736. The highest BCUT2D eigenvalue weighted by Crippen LogP contribution is 2.23. The lowest BCUT2D eigenvalue weighted by atomic mass is 10.2. The smallest absolute Gasteiger partial charge is 0.148 e. The fraction of sp³-hybridized carbons (Fsp3) is 0.308. The minimum atomic E-state index is 0.736. The van der Waals surface area contributed by atoms with E-state index in [0.717, 1.165) is 34.6 Å². The topological polar surface area (TPSA) is 55.9 Å². The van der Waals surface area contributed by atoms with Gasteiger partial charge in [-0.1, -0.05) is 35.0 Å². The Morgan fingerprint density at radius 3 is 2.56 bits per heavy atom. The number of nitrogens with zero attached hydrogens (tertiary/aromatic N) is 2. The van der Waals surface area contributed by atoms with Crippen molar-refractivity contribution in [2.24, 2.45) is 7.05 Å². The van der Waals surface area contributed by atoms with E-state index in [-0.39, 0.29) is 0 Å². The molecule has 1 heterocycles. The Bertz CT molecular complexity index is 531. The van der Waals surface area contributed by atoms with Crippen molar-refractivity contribution in [2.45, 2.75) is 19.9 Å². The first kappa shape index (κ1) is 13.0. The summed E-state index contributed by atoms with van der Waals surface area (Å²) in [5.74, 6) is 0.884. The van der Waals surface area contributed by atoms with Gasteiger partial charge in [0.2, 0.25) is 0 Å². The van der Waals surface area contributed by atoms with E-state index < -0.39 is 0 Å². The van der Waals surface area contributed by atoms with Crippen LogP contribution in [0, 0.1) is 0 Å². The van der Waals surface area contributed by atoms with Crippen LogP contribution in [0.25, 0.3) is 0 Å². The zero-order valence-electron chi connectivity index (χ0n) is 10.6. The fourth-order valence-corrected chi connectivity index (χ4v) is 2.12. The molecule has 3 N–H and O–H groups in total. The number of aromatic nitrogens is 2. The number of benzene rings is 1. The highest BCUT2D eigenvalue weighted by molar-refractivity contribution is 9.10. The van der Waals surface area contributed by atoms with Gasteiger partial charge in [0.1, 0.15) is 5.82 Å². The minimum Gasteiger partial charge on any atom is -0.394 e. The third-order valence-corrected chi connectivity index (χ3v) is 3.40. The van der Waals surface area contributed by atoms with E-state index in [2.05, 4.69) is 45.4 Å². The van der Waals surface area contributed by atoms with Gasteiger partial charge in [-0.3, -0.25) is 4.68 Å². The van der Waals surface area contributed by atoms with E-state index in [0.29, 0.717) is 0 Å². The molecule has 96 valence electrons. The molecule has 2 aromatic rings. The molecule has 4 nitrogen and oxygen atoms in total. The average molecular weight is 309 g/mol. The van der Waals surface area contributed by atoms with Crippen LogP contribution in [0.1, 0.15) is 18.2 Å². The van der Waals surface area contributed by atoms with E-state index in [1.807, 2.05) is 19.2 Å². The Morgan fingerprint density at radius 2 is 2.00 bits per heavy atom. The fourth-order valence-electron chi connectivity index (χ4n) is 1.85. The van der Waals surface area contributed by atoms with Crippen molar-refractivity contribution in [3.63, 3.8) is 0 Å². The summed E-state index contributed by atoms with van der Waals surface area (Å²) in [5.41, 5.74) is 8.94. The maximum atomic E-state index is 6.05. The lowest BCUT2D eigenvalue weighted by molar-refractivity contribution is 0.747. The van der Waals surface area contributed by atoms with Crippen molar-refractivity contribution in [3.05, 3.63) is 40.0 Å². The van der Waals surface area contributed by atoms with Crippen molar-refractivity contribution in [3.8, 4) is 0 Å². The summed E-state index contributed by atoms with van der Waals surface area (Å²) in [6, 6.07) is 8.21. The molecule has 18 heavy (non-hydrogen) atoms. The maximum Gasteiger partial charge on any atom is 0.148 e. The Kier molecular flexibility index (Phi) is 3.91. The van der Waals surface area contributed by atoms with Crippen LogP contribution in [0.5, 0.6) is 0 Å². The van der Waals surface area contributed by atoms with Crippen LogP contribution in [0.2, 0.25) is 0 Å². The van der Waals surface area contributed by atoms with E-state index in [1.54, 1.807) is 4.68 Å². The monoisotopic (exact) mass is 308 g/mol. The second-order valence-electron chi connectivity index (χ2n) is 4.17. The molecule has 0 saturated heterocycles. The number of hydrogen-bond acceptors (Lipinski definition) is 3. The molecule has 2 rings (SSSR count). The molecule has 1 aromatic heterocycles. The van der Waals surface area contributed by atoms with Crippen molar-refractivity contribution in [1.82, 2.24) is 9.78 Å². The first-order chi connectivity index (χ1) is 8.61. The lowest BCUT2D eigenvalue weighted by Crippen LogP contribution is -2.06. The van der Waals surface area contributed by atoms with Gasteiger partial charge in [0.05, 0.1) is 11.4 Å². The largest absolute Gasteiger partial charge is 0.394 e. The van der Waals surface area contributed by atoms with Crippen LogP contribution >= 0.6 is 15.9 Å². The van der Waals surface area contributed by atoms with Gasteiger partial charge in [-0.05, 0) is 24.1 Å². The predicted octanol–water partition coefficient (Wildman–Crippen LogP) is 2.94. The maximum absolute atomic E-state index is 6.05. The summed E-state index contributed by atoms with van der Waals surface area (Å²) in [5, 5.41) is 7.71. The second-order valence-corrected chi connectivity index (χ2v) is 5.08. The van der Waals surface area contributed by atoms with Crippen LogP contribution in [0.15, 0.2) is 28.7 Å². The molecule has 0 radical (unpaired) electrons. The van der Waals surface area contributed by atoms with Gasteiger partial charge < -0.3 is 11.1 Å². The molecule has 0 unspecified atom stereocenters. The second kappa shape index (κ2) is 5.44. The number of anilines is 2. The summed E-state index contributed by atoms with van der Waals surface area (Å²) >= 11 is 3.42. The number of nitrogen functional groups attached to an aromatic ring is 1. The van der Waals surface area contributed by atoms with Crippen LogP contribution < -0.4 is 11.1 Å². The van der Waals surface area contributed by atoms with Gasteiger partial charge in [-0.25, -0.2) is 0 Å². The van der Waals surface area contributed by atoms with Gasteiger partial charge in [-0.2, -0.15) is 5.10 Å². The molecule has 0 aliphatic carbocycles. The molecule has 0 atom stereocenters. The average Bonchev–Trinajstić information content (AvgIpc) is 2.64. The molecule has 0 spiro atoms. The molecule has 1 aromatic carbocycles. The van der Waals surface area contributed by atoms with E-state index in [4.69, 9.17) is 5.73 Å². The van der Waals surface area contributed by atoms with Crippen molar-refractivity contribution in [2.75, 3.05) is 11.1 Å². The molecular formula is C13H17BrN4. The summed E-state index contributed by atoms with van der Waals surface area (Å²) in [6.45, 7) is 2.79. The molecule has 0 saturated carbocycles. The number of aryl methyl sites for hydroxylation is 2. The quantitative estimate of drug-likeness (QED) is 0.913. The van der Waals surface area contributed by atoms with Gasteiger partial charge >= 0.3 is 0 Å². The molecule has 0 aliphatic rings. The third-order valence-electron chi connectivity index (χ3n) is 2.87. The summed E-state index contributed by atoms with van der Waals surface area (Å²) in [7, 11) is 1.90. The molecular weight excluding hydrogens is 292 g/mol. The van der Waals surface area contributed by atoms with Crippen molar-refractivity contribution in [1.29, 1.82) is 0 Å². The van der Waals surface area contributed by atoms with Crippen LogP contribution in [-0.4, -0.2) is 9.78 Å². The van der Waals surface area contributed by atoms with Gasteiger partial charge in [-0.15, -0.1) is 0 Å². The Labute approximate surface area is 115 Å². The van der Waals surface area contributed by atoms with Crippen LogP contribution in [0.3, 0.4) is 0 Å². The molecule has 0 fully saturated rings. The molecule has 0 amide bonds. The van der Waals surface area contributed by atoms with E-state index in [1.165, 1.54) is 5.56 Å². The van der Waals surface area contributed by atoms with E-state index in [9.17, 15) is 0 Å². The molecule has 5 heteroatoms. The number of nitrogens with two attached hydrogens (primary N) is 1. The van der Waals surface area contributed by atoms with Crippen molar-refractivity contribution < 1.29 is 0 Å². The number of nitrogens with one attached hydrogen (secondary N) is 1. The summed E-state index contributed by atoms with van der Waals surface area (Å²) in [6.07, 6.45) is 0.847. The number of halogens is 1. The zero-order valence-corrected chi connectivity index (χ0v) is 12.2. The normalized spacial score (nSPS) is 10.6. The third kappa shape index (κ3) is 2.67. The summed E-state index contributed by atoms with van der Waals surface area (Å²) < 4.78 is 2.88. The molecule has 0 aliphatic heterocycles. The standard InChI is InChI=1S/C13H17BrN4/c1-3-11-12(15)13(18(2)17-11)16-8-9-4-6-10(14)7-5-9/h4-7,16H,3,8,15H2,1-2H3. The number of rotatable bonds is 4. The summed E-state index contributed by atoms with van der Waals surface area (Å²) in [4.78, 5) is 0. The molecule has 0 bridgehead atoms. The Balaban J connectivity index is 2.10. The van der Waals surface area contributed by atoms with Gasteiger partial charge in [0, 0.05) is 18.1 Å². The van der Waals surface area contributed by atoms with Crippen LogP contribution in [-0.2, 0) is 20.0 Å². The number of hydrogen-bond donors (Lipinski definition) is 2. The van der Waals surface area contributed by atoms with Gasteiger partial charge in [0.25, 0.3) is 0 Å². The Hall–Kier alpha value is -1.49. The van der Waals surface area contributed by atoms with Crippen molar-refractivity contribution >= 4 is 27.4 Å². The SMILES string of the molecule is CCc1nn(C)c(NCc2ccc(Br)cc2)c1N. The highest BCUT2D eigenvalue weighted by Gasteiger charge is 2.11. The first-order valence-electron chi connectivity index (χ1n) is 5.91. The first-order valence-corrected chi connectivity index (χ1v) is 6.70.